The molecule has 0 aliphatic carbocycles. The van der Waals surface area contributed by atoms with E-state index in [1.807, 2.05) is 0 Å². The molecule has 2 aliphatic rings. The van der Waals surface area contributed by atoms with Gasteiger partial charge in [-0.3, -0.25) is 4.90 Å². The molecule has 0 spiro atoms. The van der Waals surface area contributed by atoms with Crippen LogP contribution in [0.15, 0.2) is 18.3 Å². The second-order valence-electron chi connectivity index (χ2n) is 5.64. The lowest BCUT2D eigenvalue weighted by Gasteiger charge is -2.30. The first kappa shape index (κ1) is 14.4. The Balaban J connectivity index is 2.03. The number of hydrogen-bond donors (Lipinski definition) is 0. The largest absolute Gasteiger partial charge is 0.481 e. The average molecular weight is 298 g/mol. The van der Waals surface area contributed by atoms with E-state index in [1.54, 1.807) is 0 Å². The van der Waals surface area contributed by atoms with Gasteiger partial charge in [-0.25, -0.2) is 4.98 Å². The number of pyridine rings is 1. The molecular weight excluding hydrogens is 281 g/mol. The van der Waals surface area contributed by atoms with Crippen LogP contribution in [-0.4, -0.2) is 36.1 Å². The first-order valence-corrected chi connectivity index (χ1v) is 6.94. The Bertz CT molecular complexity index is 583. The molecule has 1 fully saturated rings. The van der Waals surface area contributed by atoms with Crippen molar-refractivity contribution in [3.8, 4) is 5.88 Å². The molecule has 1 saturated heterocycles. The van der Waals surface area contributed by atoms with Gasteiger partial charge in [0.05, 0.1) is 12.7 Å². The second kappa shape index (κ2) is 5.02. The van der Waals surface area contributed by atoms with E-state index < -0.39 is 11.7 Å². The molecule has 0 amide bonds. The molecule has 3 nitrogen and oxygen atoms in total. The topological polar surface area (TPSA) is 25.4 Å². The normalized spacial score (nSPS) is 25.9. The van der Waals surface area contributed by atoms with Crippen molar-refractivity contribution in [1.82, 2.24) is 9.88 Å². The van der Waals surface area contributed by atoms with Gasteiger partial charge in [0.1, 0.15) is 0 Å². The van der Waals surface area contributed by atoms with Crippen molar-refractivity contribution in [2.75, 3.05) is 14.2 Å². The fourth-order valence-electron chi connectivity index (χ4n) is 3.24. The minimum atomic E-state index is -4.39. The Kier molecular flexibility index (Phi) is 3.43. The van der Waals surface area contributed by atoms with Crippen LogP contribution in [0.25, 0.3) is 5.57 Å². The summed E-state index contributed by atoms with van der Waals surface area (Å²) in [5.41, 5.74) is 0.652. The highest BCUT2D eigenvalue weighted by molar-refractivity contribution is 5.72. The smallest absolute Gasteiger partial charge is 0.417 e. The van der Waals surface area contributed by atoms with Gasteiger partial charge < -0.3 is 4.74 Å². The number of halogens is 3. The number of aromatic nitrogens is 1. The zero-order valence-corrected chi connectivity index (χ0v) is 11.9. The van der Waals surface area contributed by atoms with Crippen molar-refractivity contribution in [3.05, 3.63) is 29.5 Å². The molecule has 3 heterocycles. The van der Waals surface area contributed by atoms with Crippen molar-refractivity contribution in [3.63, 3.8) is 0 Å². The van der Waals surface area contributed by atoms with Gasteiger partial charge in [-0.2, -0.15) is 13.2 Å². The second-order valence-corrected chi connectivity index (χ2v) is 5.64. The number of hydrogen-bond acceptors (Lipinski definition) is 3. The molecule has 21 heavy (non-hydrogen) atoms. The standard InChI is InChI=1S/C15H17F3N2O/c1-20-11-3-4-12(20)6-9(5-11)13-7-10(15(16,17)18)8-19-14(13)21-2/h5,7-8,11-12H,3-4,6H2,1-2H3. The summed E-state index contributed by atoms with van der Waals surface area (Å²) in [6.07, 6.45) is 1.37. The van der Waals surface area contributed by atoms with Gasteiger partial charge >= 0.3 is 6.18 Å². The summed E-state index contributed by atoms with van der Waals surface area (Å²) >= 11 is 0. The van der Waals surface area contributed by atoms with Crippen LogP contribution in [0.4, 0.5) is 13.2 Å². The fourth-order valence-corrected chi connectivity index (χ4v) is 3.24. The van der Waals surface area contributed by atoms with Crippen molar-refractivity contribution >= 4 is 5.57 Å². The van der Waals surface area contributed by atoms with Gasteiger partial charge in [-0.1, -0.05) is 6.08 Å². The number of methoxy groups -OCH3 is 1. The number of likely N-dealkylation sites (N-methyl/N-ethyl adjacent to an activating group) is 1. The number of ether oxygens (including phenoxy) is 1. The summed E-state index contributed by atoms with van der Waals surface area (Å²) in [7, 11) is 3.50. The lowest BCUT2D eigenvalue weighted by molar-refractivity contribution is -0.137. The van der Waals surface area contributed by atoms with Crippen LogP contribution < -0.4 is 4.74 Å². The van der Waals surface area contributed by atoms with Crippen LogP contribution in [0, 0.1) is 0 Å². The highest BCUT2D eigenvalue weighted by atomic mass is 19.4. The Morgan fingerprint density at radius 3 is 2.71 bits per heavy atom. The summed E-state index contributed by atoms with van der Waals surface area (Å²) in [4.78, 5) is 6.12. The summed E-state index contributed by atoms with van der Waals surface area (Å²) in [5, 5.41) is 0. The van der Waals surface area contributed by atoms with E-state index in [9.17, 15) is 13.2 Å². The quantitative estimate of drug-likeness (QED) is 0.837. The van der Waals surface area contributed by atoms with Crippen molar-refractivity contribution in [1.29, 1.82) is 0 Å². The van der Waals surface area contributed by atoms with Crippen molar-refractivity contribution in [2.24, 2.45) is 0 Å². The molecule has 2 bridgehead atoms. The third-order valence-electron chi connectivity index (χ3n) is 4.46. The Hall–Kier alpha value is -1.56. The molecule has 0 N–H and O–H groups in total. The zero-order valence-electron chi connectivity index (χ0n) is 11.9. The van der Waals surface area contributed by atoms with E-state index >= 15 is 0 Å². The molecule has 3 rings (SSSR count). The van der Waals surface area contributed by atoms with E-state index in [0.717, 1.165) is 37.1 Å². The van der Waals surface area contributed by atoms with Gasteiger partial charge in [0.15, 0.2) is 0 Å². The molecule has 0 radical (unpaired) electrons. The lowest BCUT2D eigenvalue weighted by atomic mass is 9.95. The summed E-state index contributed by atoms with van der Waals surface area (Å²) in [5.74, 6) is 0.262. The van der Waals surface area contributed by atoms with Gasteiger partial charge in [-0.15, -0.1) is 0 Å². The summed E-state index contributed by atoms with van der Waals surface area (Å²) < 4.78 is 43.8. The van der Waals surface area contributed by atoms with Gasteiger partial charge in [0.2, 0.25) is 5.88 Å². The van der Waals surface area contributed by atoms with Gasteiger partial charge in [0.25, 0.3) is 0 Å². The Labute approximate surface area is 121 Å². The first-order chi connectivity index (χ1) is 9.90. The number of rotatable bonds is 2. The van der Waals surface area contributed by atoms with E-state index in [2.05, 4.69) is 23.0 Å². The molecule has 0 aromatic carbocycles. The van der Waals surface area contributed by atoms with Crippen LogP contribution >= 0.6 is 0 Å². The number of nitrogens with zero attached hydrogens (tertiary/aromatic N) is 2. The minimum absolute atomic E-state index is 0.262. The molecule has 114 valence electrons. The molecule has 1 aromatic heterocycles. The predicted octanol–water partition coefficient (Wildman–Crippen LogP) is 3.36. The Morgan fingerprint density at radius 1 is 1.33 bits per heavy atom. The van der Waals surface area contributed by atoms with E-state index in [1.165, 1.54) is 7.11 Å². The van der Waals surface area contributed by atoms with Crippen LogP contribution in [0.1, 0.15) is 30.4 Å². The monoisotopic (exact) mass is 298 g/mol. The molecule has 0 saturated carbocycles. The average Bonchev–Trinajstić information content (AvgIpc) is 2.66. The van der Waals surface area contributed by atoms with Crippen molar-refractivity contribution in [2.45, 2.75) is 37.5 Å². The maximum atomic E-state index is 12.9. The molecule has 2 aliphatic heterocycles. The highest BCUT2D eigenvalue weighted by Crippen LogP contribution is 2.41. The molecule has 2 atom stereocenters. The highest BCUT2D eigenvalue weighted by Gasteiger charge is 2.36. The summed E-state index contributed by atoms with van der Waals surface area (Å²) in [6, 6.07) is 1.86. The number of alkyl halides is 3. The fraction of sp³-hybridized carbons (Fsp3) is 0.533. The minimum Gasteiger partial charge on any atom is -0.481 e. The third-order valence-corrected chi connectivity index (χ3v) is 4.46. The predicted molar refractivity (Wildman–Crippen MR) is 73.0 cm³/mol. The molecular formula is C15H17F3N2O. The van der Waals surface area contributed by atoms with Crippen LogP contribution in [0.3, 0.4) is 0 Å². The van der Waals surface area contributed by atoms with E-state index in [4.69, 9.17) is 4.74 Å². The van der Waals surface area contributed by atoms with Gasteiger partial charge in [0, 0.05) is 23.8 Å². The third kappa shape index (κ3) is 2.52. The zero-order chi connectivity index (χ0) is 15.2. The first-order valence-electron chi connectivity index (χ1n) is 6.94. The van der Waals surface area contributed by atoms with Crippen LogP contribution in [-0.2, 0) is 6.18 Å². The molecule has 2 unspecified atom stereocenters. The van der Waals surface area contributed by atoms with Crippen LogP contribution in [0.5, 0.6) is 5.88 Å². The summed E-state index contributed by atoms with van der Waals surface area (Å²) in [6.45, 7) is 0. The maximum absolute atomic E-state index is 12.9. The molecule has 6 heteroatoms. The van der Waals surface area contributed by atoms with Crippen molar-refractivity contribution < 1.29 is 17.9 Å². The maximum Gasteiger partial charge on any atom is 0.417 e. The number of fused-ring (bicyclic) bond motifs is 2. The lowest BCUT2D eigenvalue weighted by Crippen LogP contribution is -2.34. The van der Waals surface area contributed by atoms with Crippen LogP contribution in [0.2, 0.25) is 0 Å². The van der Waals surface area contributed by atoms with Gasteiger partial charge in [-0.05, 0) is 37.9 Å². The SMILES string of the molecule is COc1ncc(C(F)(F)F)cc1C1=CC2CCC(C1)N2C. The van der Waals surface area contributed by atoms with E-state index in [-0.39, 0.29) is 5.88 Å². The Morgan fingerprint density at radius 2 is 2.10 bits per heavy atom. The molecule has 1 aromatic rings. The van der Waals surface area contributed by atoms with E-state index in [0.29, 0.717) is 17.6 Å².